The van der Waals surface area contributed by atoms with E-state index in [0.717, 1.165) is 0 Å². The molecule has 0 bridgehead atoms. The summed E-state index contributed by atoms with van der Waals surface area (Å²) in [6.07, 6.45) is 4.88. The molecule has 3 aromatic heterocycles. The van der Waals surface area contributed by atoms with Crippen molar-refractivity contribution in [3.05, 3.63) is 87.1 Å². The molecule has 12 heteroatoms. The smallest absolute Gasteiger partial charge is 0.316 e. The molecule has 41 heavy (non-hydrogen) atoms. The first-order chi connectivity index (χ1) is 19.2. The Hall–Kier alpha value is -3.27. The summed E-state index contributed by atoms with van der Waals surface area (Å²) >= 11 is 17.5. The van der Waals surface area contributed by atoms with E-state index in [9.17, 15) is 14.4 Å². The SMILES string of the molecule is CC(C)(C(=O)O)c1cccnc1Cl.CCOC(=O)C(C)(C)c1cccnc1Cl.CCOC(=O)Cc1cccnc1Cl. The minimum atomic E-state index is -0.995. The molecule has 0 saturated carbocycles. The molecule has 0 aliphatic rings. The Labute approximate surface area is 255 Å². The lowest BCUT2D eigenvalue weighted by molar-refractivity contribution is -0.149. The van der Waals surface area contributed by atoms with Gasteiger partial charge in [0.2, 0.25) is 0 Å². The second-order valence-corrected chi connectivity index (χ2v) is 10.5. The molecule has 0 atom stereocenters. The average Bonchev–Trinajstić information content (AvgIpc) is 2.91. The monoisotopic (exact) mass is 625 g/mol. The number of aliphatic carboxylic acids is 1. The van der Waals surface area contributed by atoms with Gasteiger partial charge in [0, 0.05) is 35.3 Å². The maximum absolute atomic E-state index is 11.7. The highest BCUT2D eigenvalue weighted by atomic mass is 35.5. The van der Waals surface area contributed by atoms with Crippen molar-refractivity contribution in [2.24, 2.45) is 0 Å². The van der Waals surface area contributed by atoms with Gasteiger partial charge >= 0.3 is 17.9 Å². The summed E-state index contributed by atoms with van der Waals surface area (Å²) in [4.78, 5) is 45.3. The van der Waals surface area contributed by atoms with Crippen molar-refractivity contribution in [3.8, 4) is 0 Å². The number of hydrogen-bond acceptors (Lipinski definition) is 8. The number of pyridine rings is 3. The Morgan fingerprint density at radius 3 is 1.59 bits per heavy atom. The molecular formula is C29H34Cl3N3O6. The summed E-state index contributed by atoms with van der Waals surface area (Å²) < 4.78 is 9.77. The third-order valence-electron chi connectivity index (χ3n) is 5.66. The number of halogens is 3. The summed E-state index contributed by atoms with van der Waals surface area (Å²) in [5.74, 6) is -1.49. The molecule has 0 aliphatic carbocycles. The van der Waals surface area contributed by atoms with E-state index >= 15 is 0 Å². The Morgan fingerprint density at radius 2 is 1.17 bits per heavy atom. The topological polar surface area (TPSA) is 129 Å². The summed E-state index contributed by atoms with van der Waals surface area (Å²) in [5.41, 5.74) is 0.157. The highest BCUT2D eigenvalue weighted by Crippen LogP contribution is 2.30. The lowest BCUT2D eigenvalue weighted by atomic mass is 9.86. The second kappa shape index (κ2) is 16.9. The quantitative estimate of drug-likeness (QED) is 0.220. The zero-order valence-corrected chi connectivity index (χ0v) is 26.0. The fourth-order valence-corrected chi connectivity index (χ4v) is 4.06. The average molecular weight is 627 g/mol. The maximum Gasteiger partial charge on any atom is 0.316 e. The van der Waals surface area contributed by atoms with Crippen molar-refractivity contribution < 1.29 is 29.0 Å². The summed E-state index contributed by atoms with van der Waals surface area (Å²) in [7, 11) is 0. The zero-order valence-electron chi connectivity index (χ0n) is 23.8. The molecule has 1 N–H and O–H groups in total. The standard InChI is InChI=1S/C11H14ClNO2.2C9H10ClNO2/c1-4-15-10(14)11(2,3)8-6-5-7-13-9(8)12;1-9(2,8(12)13)6-4-3-5-11-7(6)10;1-2-13-8(12)6-7-4-3-5-11-9(7)10/h5-7H,4H2,1-3H3;3-5H,1-2H3,(H,12,13);3-5H,2,6H2,1H3. The van der Waals surface area contributed by atoms with Crippen LogP contribution in [0.4, 0.5) is 0 Å². The van der Waals surface area contributed by atoms with E-state index in [0.29, 0.717) is 40.2 Å². The van der Waals surface area contributed by atoms with Crippen LogP contribution in [0.2, 0.25) is 15.5 Å². The van der Waals surface area contributed by atoms with Gasteiger partial charge in [-0.2, -0.15) is 0 Å². The van der Waals surface area contributed by atoms with Gasteiger partial charge < -0.3 is 14.6 Å². The number of nitrogens with zero attached hydrogens (tertiary/aromatic N) is 3. The Balaban J connectivity index is 0.000000309. The number of carbonyl (C=O) groups excluding carboxylic acids is 2. The number of carboxylic acids is 1. The molecule has 9 nitrogen and oxygen atoms in total. The predicted molar refractivity (Wildman–Crippen MR) is 158 cm³/mol. The molecule has 3 rings (SSSR count). The van der Waals surface area contributed by atoms with E-state index in [1.54, 1.807) is 90.3 Å². The predicted octanol–water partition coefficient (Wildman–Crippen LogP) is 6.51. The number of carbonyl (C=O) groups is 3. The van der Waals surface area contributed by atoms with Crippen molar-refractivity contribution in [2.75, 3.05) is 13.2 Å². The molecule has 0 aliphatic heterocycles. The maximum atomic E-state index is 11.7. The van der Waals surface area contributed by atoms with Crippen molar-refractivity contribution in [1.82, 2.24) is 15.0 Å². The van der Waals surface area contributed by atoms with Gasteiger partial charge in [-0.25, -0.2) is 15.0 Å². The Bertz CT molecular complexity index is 1320. The zero-order chi connectivity index (χ0) is 31.2. The number of aromatic nitrogens is 3. The first-order valence-electron chi connectivity index (χ1n) is 12.6. The van der Waals surface area contributed by atoms with E-state index in [4.69, 9.17) is 49.4 Å². The van der Waals surface area contributed by atoms with Crippen molar-refractivity contribution in [3.63, 3.8) is 0 Å². The van der Waals surface area contributed by atoms with Gasteiger partial charge in [0.05, 0.1) is 30.5 Å². The van der Waals surface area contributed by atoms with Crippen LogP contribution in [0.3, 0.4) is 0 Å². The van der Waals surface area contributed by atoms with Gasteiger partial charge in [0.1, 0.15) is 15.5 Å². The third kappa shape index (κ3) is 10.9. The summed E-state index contributed by atoms with van der Waals surface area (Å²) in [6, 6.07) is 10.4. The molecular weight excluding hydrogens is 593 g/mol. The van der Waals surface area contributed by atoms with Crippen LogP contribution in [0.1, 0.15) is 58.2 Å². The number of esters is 2. The van der Waals surface area contributed by atoms with Gasteiger partial charge in [-0.05, 0) is 59.7 Å². The van der Waals surface area contributed by atoms with Crippen LogP contribution >= 0.6 is 34.8 Å². The van der Waals surface area contributed by atoms with Gasteiger partial charge in [0.15, 0.2) is 0 Å². The van der Waals surface area contributed by atoms with Crippen LogP contribution in [-0.4, -0.2) is 51.2 Å². The highest BCUT2D eigenvalue weighted by molar-refractivity contribution is 6.31. The summed E-state index contributed by atoms with van der Waals surface area (Å²) in [5, 5.41) is 9.88. The minimum absolute atomic E-state index is 0.181. The van der Waals surface area contributed by atoms with Crippen molar-refractivity contribution in [1.29, 1.82) is 0 Å². The minimum Gasteiger partial charge on any atom is -0.481 e. The van der Waals surface area contributed by atoms with E-state index in [1.165, 1.54) is 6.20 Å². The first kappa shape index (κ1) is 35.8. The second-order valence-electron chi connectivity index (χ2n) is 9.39. The molecule has 0 spiro atoms. The van der Waals surface area contributed by atoms with Crippen LogP contribution in [0.15, 0.2) is 55.0 Å². The number of rotatable bonds is 8. The van der Waals surface area contributed by atoms with Gasteiger partial charge in [-0.15, -0.1) is 0 Å². The molecule has 0 amide bonds. The molecule has 3 aromatic rings. The Kier molecular flexibility index (Phi) is 14.7. The van der Waals surface area contributed by atoms with E-state index in [2.05, 4.69) is 15.0 Å². The molecule has 0 unspecified atom stereocenters. The molecule has 3 heterocycles. The molecule has 0 fully saturated rings. The first-order valence-corrected chi connectivity index (χ1v) is 13.7. The van der Waals surface area contributed by atoms with Gasteiger partial charge in [0.25, 0.3) is 0 Å². The van der Waals surface area contributed by atoms with E-state index in [1.807, 2.05) is 0 Å². The van der Waals surface area contributed by atoms with Gasteiger partial charge in [-0.1, -0.05) is 53.0 Å². The Morgan fingerprint density at radius 1 is 0.732 bits per heavy atom. The number of hydrogen-bond donors (Lipinski definition) is 1. The van der Waals surface area contributed by atoms with Crippen molar-refractivity contribution >= 4 is 52.7 Å². The molecule has 0 radical (unpaired) electrons. The van der Waals surface area contributed by atoms with Crippen LogP contribution in [0, 0.1) is 0 Å². The lowest BCUT2D eigenvalue weighted by Gasteiger charge is -2.23. The molecule has 0 aromatic carbocycles. The van der Waals surface area contributed by atoms with Crippen LogP contribution < -0.4 is 0 Å². The van der Waals surface area contributed by atoms with Gasteiger partial charge in [-0.3, -0.25) is 14.4 Å². The van der Waals surface area contributed by atoms with Crippen LogP contribution in [-0.2, 0) is 41.1 Å². The number of ether oxygens (including phenoxy) is 2. The number of carboxylic acid groups (broad SMARTS) is 1. The fourth-order valence-electron chi connectivity index (χ4n) is 3.16. The molecule has 0 saturated heterocycles. The fraction of sp³-hybridized carbons (Fsp3) is 0.379. The van der Waals surface area contributed by atoms with Crippen LogP contribution in [0.5, 0.6) is 0 Å². The van der Waals surface area contributed by atoms with E-state index in [-0.39, 0.29) is 23.5 Å². The van der Waals surface area contributed by atoms with Crippen molar-refractivity contribution in [2.45, 2.75) is 58.8 Å². The largest absolute Gasteiger partial charge is 0.481 e. The normalized spacial score (nSPS) is 10.8. The molecule has 222 valence electrons. The third-order valence-corrected chi connectivity index (χ3v) is 6.60. The summed E-state index contributed by atoms with van der Waals surface area (Å²) in [6.45, 7) is 11.0. The van der Waals surface area contributed by atoms with E-state index < -0.39 is 16.8 Å². The lowest BCUT2D eigenvalue weighted by Crippen LogP contribution is -2.31. The van der Waals surface area contributed by atoms with Crippen LogP contribution in [0.25, 0.3) is 0 Å². The highest BCUT2D eigenvalue weighted by Gasteiger charge is 2.33.